The highest BCUT2D eigenvalue weighted by molar-refractivity contribution is 4.98. The van der Waals surface area contributed by atoms with Gasteiger partial charge < -0.3 is 5.32 Å². The lowest BCUT2D eigenvalue weighted by atomic mass is 9.98. The molecule has 4 heteroatoms. The molecule has 1 aromatic rings. The monoisotopic (exact) mass is 220 g/mol. The van der Waals surface area contributed by atoms with Gasteiger partial charge in [-0.3, -0.25) is 4.90 Å². The summed E-state index contributed by atoms with van der Waals surface area (Å²) in [5, 5.41) is 3.37. The van der Waals surface area contributed by atoms with Gasteiger partial charge in [0.15, 0.2) is 0 Å². The van der Waals surface area contributed by atoms with Crippen LogP contribution in [0.2, 0.25) is 0 Å². The van der Waals surface area contributed by atoms with E-state index in [1.54, 1.807) is 6.33 Å². The van der Waals surface area contributed by atoms with Crippen LogP contribution >= 0.6 is 0 Å². The number of likely N-dealkylation sites (tertiary alicyclic amines) is 1. The van der Waals surface area contributed by atoms with E-state index in [2.05, 4.69) is 34.2 Å². The quantitative estimate of drug-likeness (QED) is 0.826. The van der Waals surface area contributed by atoms with Crippen molar-refractivity contribution in [2.75, 3.05) is 13.6 Å². The Morgan fingerprint density at radius 2 is 2.44 bits per heavy atom. The Balaban J connectivity index is 1.92. The van der Waals surface area contributed by atoms with Gasteiger partial charge in [0, 0.05) is 31.4 Å². The largest absolute Gasteiger partial charge is 0.317 e. The Bertz CT molecular complexity index is 314. The molecule has 4 nitrogen and oxygen atoms in total. The number of aromatic nitrogens is 2. The smallest absolute Gasteiger partial charge is 0.115 e. The zero-order chi connectivity index (χ0) is 11.4. The minimum atomic E-state index is 0.626. The predicted molar refractivity (Wildman–Crippen MR) is 64.0 cm³/mol. The zero-order valence-corrected chi connectivity index (χ0v) is 10.1. The fourth-order valence-corrected chi connectivity index (χ4v) is 2.34. The van der Waals surface area contributed by atoms with Crippen LogP contribution in [0.3, 0.4) is 0 Å². The highest BCUT2D eigenvalue weighted by atomic mass is 15.2. The molecular weight excluding hydrogens is 200 g/mol. The maximum Gasteiger partial charge on any atom is 0.115 e. The fourth-order valence-electron chi connectivity index (χ4n) is 2.34. The average Bonchev–Trinajstić information content (AvgIpc) is 2.33. The van der Waals surface area contributed by atoms with E-state index in [9.17, 15) is 0 Å². The molecule has 0 amide bonds. The second-order valence-electron chi connectivity index (χ2n) is 4.53. The molecule has 1 aliphatic heterocycles. The van der Waals surface area contributed by atoms with Crippen LogP contribution in [-0.2, 0) is 6.54 Å². The van der Waals surface area contributed by atoms with E-state index in [-0.39, 0.29) is 0 Å². The van der Waals surface area contributed by atoms with Crippen LogP contribution in [0.15, 0.2) is 18.6 Å². The van der Waals surface area contributed by atoms with E-state index in [0.717, 1.165) is 18.8 Å². The van der Waals surface area contributed by atoms with Gasteiger partial charge in [-0.05, 0) is 32.9 Å². The van der Waals surface area contributed by atoms with Crippen molar-refractivity contribution in [3.8, 4) is 0 Å². The minimum absolute atomic E-state index is 0.626. The third-order valence-electron chi connectivity index (χ3n) is 3.43. The Morgan fingerprint density at radius 3 is 3.06 bits per heavy atom. The van der Waals surface area contributed by atoms with Crippen LogP contribution in [0.4, 0.5) is 0 Å². The van der Waals surface area contributed by atoms with Crippen LogP contribution < -0.4 is 5.32 Å². The van der Waals surface area contributed by atoms with Crippen molar-refractivity contribution < 1.29 is 0 Å². The molecule has 2 atom stereocenters. The molecule has 2 unspecified atom stereocenters. The summed E-state index contributed by atoms with van der Waals surface area (Å²) < 4.78 is 0. The standard InChI is InChI=1S/C12H20N4/c1-10-7-11(13-2)4-6-16(10)8-12-3-5-14-9-15-12/h3,5,9-11,13H,4,6-8H2,1-2H3. The van der Waals surface area contributed by atoms with Gasteiger partial charge in [0.2, 0.25) is 0 Å². The molecule has 1 saturated heterocycles. The van der Waals surface area contributed by atoms with Gasteiger partial charge in [-0.15, -0.1) is 0 Å². The van der Waals surface area contributed by atoms with E-state index >= 15 is 0 Å². The summed E-state index contributed by atoms with van der Waals surface area (Å²) >= 11 is 0. The highest BCUT2D eigenvalue weighted by Crippen LogP contribution is 2.18. The van der Waals surface area contributed by atoms with Crippen molar-refractivity contribution in [1.82, 2.24) is 20.2 Å². The van der Waals surface area contributed by atoms with Crippen LogP contribution in [0, 0.1) is 0 Å². The van der Waals surface area contributed by atoms with Gasteiger partial charge in [0.1, 0.15) is 6.33 Å². The predicted octanol–water partition coefficient (Wildman–Crippen LogP) is 1.05. The Hall–Kier alpha value is -1.00. The summed E-state index contributed by atoms with van der Waals surface area (Å²) in [6, 6.07) is 3.30. The van der Waals surface area contributed by atoms with Crippen molar-refractivity contribution in [2.45, 2.75) is 38.4 Å². The molecule has 1 N–H and O–H groups in total. The van der Waals surface area contributed by atoms with Crippen molar-refractivity contribution in [2.24, 2.45) is 0 Å². The first-order valence-electron chi connectivity index (χ1n) is 5.96. The second kappa shape index (κ2) is 5.37. The Kier molecular flexibility index (Phi) is 3.85. The lowest BCUT2D eigenvalue weighted by molar-refractivity contribution is 0.130. The lowest BCUT2D eigenvalue weighted by Gasteiger charge is -2.37. The first kappa shape index (κ1) is 11.5. The molecule has 2 heterocycles. The summed E-state index contributed by atoms with van der Waals surface area (Å²) in [6.07, 6.45) is 5.89. The molecule has 1 aromatic heterocycles. The molecule has 0 aliphatic carbocycles. The first-order valence-corrected chi connectivity index (χ1v) is 5.96. The number of nitrogens with one attached hydrogen (secondary N) is 1. The van der Waals surface area contributed by atoms with Crippen LogP contribution in [0.25, 0.3) is 0 Å². The third kappa shape index (κ3) is 2.77. The number of piperidine rings is 1. The summed E-state index contributed by atoms with van der Waals surface area (Å²) in [7, 11) is 2.05. The molecule has 0 aromatic carbocycles. The Morgan fingerprint density at radius 1 is 1.56 bits per heavy atom. The Labute approximate surface area is 97.1 Å². The van der Waals surface area contributed by atoms with Gasteiger partial charge in [-0.25, -0.2) is 9.97 Å². The topological polar surface area (TPSA) is 41.0 Å². The van der Waals surface area contributed by atoms with E-state index in [0.29, 0.717) is 12.1 Å². The summed E-state index contributed by atoms with van der Waals surface area (Å²) in [6.45, 7) is 4.39. The van der Waals surface area contributed by atoms with E-state index in [1.165, 1.54) is 12.8 Å². The van der Waals surface area contributed by atoms with Gasteiger partial charge in [0.05, 0.1) is 5.69 Å². The van der Waals surface area contributed by atoms with Crippen molar-refractivity contribution >= 4 is 0 Å². The second-order valence-corrected chi connectivity index (χ2v) is 4.53. The third-order valence-corrected chi connectivity index (χ3v) is 3.43. The van der Waals surface area contributed by atoms with Gasteiger partial charge in [0.25, 0.3) is 0 Å². The van der Waals surface area contributed by atoms with Crippen LogP contribution in [-0.4, -0.2) is 40.5 Å². The lowest BCUT2D eigenvalue weighted by Crippen LogP contribution is -2.46. The normalized spacial score (nSPS) is 26.9. The van der Waals surface area contributed by atoms with Crippen molar-refractivity contribution in [3.63, 3.8) is 0 Å². The summed E-state index contributed by atoms with van der Waals surface area (Å²) in [4.78, 5) is 10.7. The molecule has 1 fully saturated rings. The number of hydrogen-bond acceptors (Lipinski definition) is 4. The summed E-state index contributed by atoms with van der Waals surface area (Å²) in [5.74, 6) is 0. The van der Waals surface area contributed by atoms with Crippen molar-refractivity contribution in [1.29, 1.82) is 0 Å². The number of nitrogens with zero attached hydrogens (tertiary/aromatic N) is 3. The fraction of sp³-hybridized carbons (Fsp3) is 0.667. The number of hydrogen-bond donors (Lipinski definition) is 1. The minimum Gasteiger partial charge on any atom is -0.317 e. The molecule has 0 bridgehead atoms. The molecule has 0 saturated carbocycles. The van der Waals surface area contributed by atoms with Crippen molar-refractivity contribution in [3.05, 3.63) is 24.3 Å². The van der Waals surface area contributed by atoms with Gasteiger partial charge in [-0.2, -0.15) is 0 Å². The van der Waals surface area contributed by atoms with Gasteiger partial charge in [-0.1, -0.05) is 0 Å². The highest BCUT2D eigenvalue weighted by Gasteiger charge is 2.24. The SMILES string of the molecule is CNC1CCN(Cc2ccncn2)C(C)C1. The zero-order valence-electron chi connectivity index (χ0n) is 10.1. The molecule has 0 radical (unpaired) electrons. The maximum atomic E-state index is 4.28. The maximum absolute atomic E-state index is 4.28. The first-order chi connectivity index (χ1) is 7.79. The van der Waals surface area contributed by atoms with Crippen LogP contribution in [0.1, 0.15) is 25.5 Å². The molecule has 0 spiro atoms. The van der Waals surface area contributed by atoms with E-state index < -0.39 is 0 Å². The van der Waals surface area contributed by atoms with Crippen LogP contribution in [0.5, 0.6) is 0 Å². The molecule has 16 heavy (non-hydrogen) atoms. The van der Waals surface area contributed by atoms with E-state index in [4.69, 9.17) is 0 Å². The van der Waals surface area contributed by atoms with E-state index in [1.807, 2.05) is 12.3 Å². The molecule has 2 rings (SSSR count). The summed E-state index contributed by atoms with van der Waals surface area (Å²) in [5.41, 5.74) is 1.12. The van der Waals surface area contributed by atoms with Gasteiger partial charge >= 0.3 is 0 Å². The average molecular weight is 220 g/mol. The number of rotatable bonds is 3. The molecule has 1 aliphatic rings. The molecular formula is C12H20N4. The molecule has 88 valence electrons.